The molecule has 0 fully saturated rings. The zero-order valence-corrected chi connectivity index (χ0v) is 15.6. The van der Waals surface area contributed by atoms with Gasteiger partial charge in [-0.15, -0.1) is 0 Å². The van der Waals surface area contributed by atoms with Crippen LogP contribution in [0.15, 0.2) is 71.8 Å². The van der Waals surface area contributed by atoms with Crippen LogP contribution in [0.1, 0.15) is 52.2 Å². The summed E-state index contributed by atoms with van der Waals surface area (Å²) in [7, 11) is 0. The second-order valence-electron chi connectivity index (χ2n) is 7.43. The molecular formula is C24H28. The molecule has 1 atom stereocenters. The summed E-state index contributed by atoms with van der Waals surface area (Å²) in [6.45, 7) is 11.8. The molecule has 0 N–H and O–H groups in total. The molecule has 1 aliphatic rings. The Morgan fingerprint density at radius 1 is 0.792 bits per heavy atom. The van der Waals surface area contributed by atoms with E-state index in [1.807, 2.05) is 0 Å². The maximum atomic E-state index is 2.40. The van der Waals surface area contributed by atoms with Crippen molar-refractivity contribution < 1.29 is 0 Å². The van der Waals surface area contributed by atoms with E-state index in [-0.39, 0.29) is 5.41 Å². The van der Waals surface area contributed by atoms with Crippen LogP contribution in [0, 0.1) is 11.3 Å². The highest BCUT2D eigenvalue weighted by atomic mass is 14.4. The Labute approximate surface area is 146 Å². The normalized spacial score (nSPS) is 20.5. The monoisotopic (exact) mass is 316 g/mol. The molecule has 0 radical (unpaired) electrons. The van der Waals surface area contributed by atoms with Gasteiger partial charge in [-0.05, 0) is 47.0 Å². The molecule has 0 heteroatoms. The second-order valence-corrected chi connectivity index (χ2v) is 7.43. The first-order chi connectivity index (χ1) is 11.5. The van der Waals surface area contributed by atoms with Crippen molar-refractivity contribution in [2.75, 3.05) is 0 Å². The molecule has 0 saturated heterocycles. The fourth-order valence-corrected chi connectivity index (χ4v) is 4.03. The number of hydrogen-bond donors (Lipinski definition) is 0. The second kappa shape index (κ2) is 6.43. The van der Waals surface area contributed by atoms with Gasteiger partial charge in [0.2, 0.25) is 0 Å². The van der Waals surface area contributed by atoms with Crippen molar-refractivity contribution in [3.63, 3.8) is 0 Å². The van der Waals surface area contributed by atoms with Crippen LogP contribution >= 0.6 is 0 Å². The minimum atomic E-state index is 0.175. The third-order valence-electron chi connectivity index (χ3n) is 6.02. The molecule has 2 aromatic rings. The molecule has 0 bridgehead atoms. The van der Waals surface area contributed by atoms with Crippen LogP contribution in [0.4, 0.5) is 0 Å². The molecule has 1 aliphatic carbocycles. The van der Waals surface area contributed by atoms with E-state index in [4.69, 9.17) is 0 Å². The number of allylic oxidation sites excluding steroid dienone is 4. The highest BCUT2D eigenvalue weighted by Gasteiger charge is 2.38. The van der Waals surface area contributed by atoms with Crippen LogP contribution in [0.2, 0.25) is 0 Å². The first-order valence-electron chi connectivity index (χ1n) is 9.04. The largest absolute Gasteiger partial charge is 0.0622 e. The Hall–Kier alpha value is -2.08. The van der Waals surface area contributed by atoms with E-state index in [0.717, 1.165) is 6.42 Å². The Morgan fingerprint density at radius 2 is 1.25 bits per heavy atom. The van der Waals surface area contributed by atoms with Gasteiger partial charge in [-0.3, -0.25) is 0 Å². The zero-order valence-electron chi connectivity index (χ0n) is 15.6. The summed E-state index contributed by atoms with van der Waals surface area (Å²) in [5.74, 6) is 0.546. The summed E-state index contributed by atoms with van der Waals surface area (Å²) in [4.78, 5) is 0. The molecule has 0 aromatic heterocycles. The quantitative estimate of drug-likeness (QED) is 0.572. The highest BCUT2D eigenvalue weighted by molar-refractivity contribution is 6.08. The van der Waals surface area contributed by atoms with Crippen molar-refractivity contribution in [1.29, 1.82) is 0 Å². The Balaban J connectivity index is 2.35. The Bertz CT molecular complexity index is 734. The van der Waals surface area contributed by atoms with E-state index in [0.29, 0.717) is 5.92 Å². The minimum absolute atomic E-state index is 0.175. The molecule has 0 aliphatic heterocycles. The maximum absolute atomic E-state index is 2.40. The minimum Gasteiger partial charge on any atom is -0.0622 e. The van der Waals surface area contributed by atoms with Crippen molar-refractivity contribution >= 4 is 11.1 Å². The molecule has 0 spiro atoms. The van der Waals surface area contributed by atoms with Gasteiger partial charge in [0.05, 0.1) is 0 Å². The summed E-state index contributed by atoms with van der Waals surface area (Å²) in [5, 5.41) is 0. The van der Waals surface area contributed by atoms with Crippen LogP contribution in [0.25, 0.3) is 11.1 Å². The Morgan fingerprint density at radius 3 is 1.71 bits per heavy atom. The Kier molecular flexibility index (Phi) is 4.49. The van der Waals surface area contributed by atoms with E-state index in [2.05, 4.69) is 95.3 Å². The number of rotatable bonds is 3. The van der Waals surface area contributed by atoms with Crippen LogP contribution in [0.3, 0.4) is 0 Å². The molecule has 1 unspecified atom stereocenters. The highest BCUT2D eigenvalue weighted by Crippen LogP contribution is 2.53. The molecule has 0 amide bonds. The van der Waals surface area contributed by atoms with Crippen LogP contribution in [0.5, 0.6) is 0 Å². The smallest absolute Gasteiger partial charge is 0.00749 e. The van der Waals surface area contributed by atoms with Gasteiger partial charge in [-0.25, -0.2) is 0 Å². The van der Waals surface area contributed by atoms with Crippen molar-refractivity contribution in [1.82, 2.24) is 0 Å². The van der Waals surface area contributed by atoms with E-state index < -0.39 is 0 Å². The molecule has 0 saturated carbocycles. The fraction of sp³-hybridized carbons (Fsp3) is 0.333. The molecule has 3 rings (SSSR count). The van der Waals surface area contributed by atoms with Gasteiger partial charge in [0, 0.05) is 0 Å². The summed E-state index contributed by atoms with van der Waals surface area (Å²) in [6.07, 6.45) is 1.10. The van der Waals surface area contributed by atoms with Crippen LogP contribution in [-0.4, -0.2) is 0 Å². The van der Waals surface area contributed by atoms with Crippen molar-refractivity contribution in [2.24, 2.45) is 11.3 Å². The molecule has 124 valence electrons. The van der Waals surface area contributed by atoms with Gasteiger partial charge in [0.25, 0.3) is 0 Å². The average Bonchev–Trinajstić information content (AvgIpc) is 2.61. The molecule has 24 heavy (non-hydrogen) atoms. The van der Waals surface area contributed by atoms with Crippen molar-refractivity contribution in [3.8, 4) is 0 Å². The summed E-state index contributed by atoms with van der Waals surface area (Å²) < 4.78 is 0. The van der Waals surface area contributed by atoms with E-state index in [9.17, 15) is 0 Å². The first kappa shape index (κ1) is 16.8. The maximum Gasteiger partial charge on any atom is -0.00749 e. The number of hydrogen-bond acceptors (Lipinski definition) is 0. The lowest BCUT2D eigenvalue weighted by atomic mass is 9.62. The summed E-state index contributed by atoms with van der Waals surface area (Å²) >= 11 is 0. The van der Waals surface area contributed by atoms with Gasteiger partial charge in [-0.1, -0.05) is 99.5 Å². The predicted molar refractivity (Wildman–Crippen MR) is 106 cm³/mol. The third-order valence-corrected chi connectivity index (χ3v) is 6.02. The SMILES string of the molecule is CCC1=C(c2ccccc2)C(c2ccccc2)=C(C)C(C)(C)C1C. The third kappa shape index (κ3) is 2.65. The van der Waals surface area contributed by atoms with E-state index in [1.165, 1.54) is 27.8 Å². The molecule has 0 nitrogen and oxygen atoms in total. The zero-order chi connectivity index (χ0) is 17.3. The topological polar surface area (TPSA) is 0 Å². The lowest BCUT2D eigenvalue weighted by Gasteiger charge is -2.42. The predicted octanol–water partition coefficient (Wildman–Crippen LogP) is 7.00. The van der Waals surface area contributed by atoms with Gasteiger partial charge >= 0.3 is 0 Å². The average molecular weight is 316 g/mol. The van der Waals surface area contributed by atoms with Crippen LogP contribution in [-0.2, 0) is 0 Å². The van der Waals surface area contributed by atoms with Gasteiger partial charge in [-0.2, -0.15) is 0 Å². The van der Waals surface area contributed by atoms with Crippen molar-refractivity contribution in [3.05, 3.63) is 82.9 Å². The lowest BCUT2D eigenvalue weighted by Crippen LogP contribution is -2.30. The standard InChI is InChI=1S/C24H28/c1-6-21-17(2)24(4,5)18(3)22(19-13-9-7-10-14-19)23(21)20-15-11-8-12-16-20/h7-17H,6H2,1-5H3. The van der Waals surface area contributed by atoms with Crippen LogP contribution < -0.4 is 0 Å². The summed E-state index contributed by atoms with van der Waals surface area (Å²) in [6, 6.07) is 21.8. The van der Waals surface area contributed by atoms with Gasteiger partial charge in [0.1, 0.15) is 0 Å². The molecular weight excluding hydrogens is 288 g/mol. The molecule has 0 heterocycles. The summed E-state index contributed by atoms with van der Waals surface area (Å²) in [5.41, 5.74) is 8.81. The number of benzene rings is 2. The van der Waals surface area contributed by atoms with E-state index in [1.54, 1.807) is 5.57 Å². The van der Waals surface area contributed by atoms with Gasteiger partial charge < -0.3 is 0 Å². The fourth-order valence-electron chi connectivity index (χ4n) is 4.03. The lowest BCUT2D eigenvalue weighted by molar-refractivity contribution is 0.321. The van der Waals surface area contributed by atoms with E-state index >= 15 is 0 Å². The van der Waals surface area contributed by atoms with Crippen molar-refractivity contribution in [2.45, 2.75) is 41.0 Å². The van der Waals surface area contributed by atoms with Gasteiger partial charge in [0.15, 0.2) is 0 Å². The molecule has 2 aromatic carbocycles. The first-order valence-corrected chi connectivity index (χ1v) is 9.04.